The highest BCUT2D eigenvalue weighted by atomic mass is 35.5. The van der Waals surface area contributed by atoms with Gasteiger partial charge in [0.1, 0.15) is 0 Å². The normalized spacial score (nSPS) is 17.7. The van der Waals surface area contributed by atoms with E-state index in [2.05, 4.69) is 25.0 Å². The van der Waals surface area contributed by atoms with E-state index in [1.54, 1.807) is 11.8 Å². The predicted octanol–water partition coefficient (Wildman–Crippen LogP) is 5.27. The summed E-state index contributed by atoms with van der Waals surface area (Å²) in [5.74, 6) is 3.36. The lowest BCUT2D eigenvalue weighted by atomic mass is 10.2. The van der Waals surface area contributed by atoms with E-state index in [4.69, 9.17) is 16.0 Å². The second kappa shape index (κ2) is 7.28. The third-order valence-electron chi connectivity index (χ3n) is 5.20. The molecule has 3 aromatic rings. The minimum absolute atomic E-state index is 0.415. The smallest absolute Gasteiger partial charge is 0.226 e. The van der Waals surface area contributed by atoms with Gasteiger partial charge in [-0.25, -0.2) is 0 Å². The molecule has 2 fully saturated rings. The number of hydrogen-bond acceptors (Lipinski definition) is 6. The van der Waals surface area contributed by atoms with Crippen molar-refractivity contribution in [2.75, 3.05) is 0 Å². The monoisotopic (exact) mass is 401 g/mol. The quantitative estimate of drug-likeness (QED) is 0.524. The fourth-order valence-electron chi connectivity index (χ4n) is 3.64. The second-order valence-electron chi connectivity index (χ2n) is 7.19. The molecule has 2 aromatic heterocycles. The standard InChI is InChI=1S/C19H20ClN5OS/c20-15-8-4-3-7-14(15)17-22-24-19(25(17)13-5-1-2-6-13)27-11-16-21-23-18(26-16)12-9-10-12/h3-4,7-8,12-13H,1-2,5-6,9-11H2. The van der Waals surface area contributed by atoms with Gasteiger partial charge in [-0.3, -0.25) is 4.57 Å². The van der Waals surface area contributed by atoms with Gasteiger partial charge in [0, 0.05) is 17.5 Å². The topological polar surface area (TPSA) is 69.6 Å². The molecule has 0 unspecified atom stereocenters. The molecular formula is C19H20ClN5OS. The number of thioether (sulfide) groups is 1. The summed E-state index contributed by atoms with van der Waals surface area (Å²) in [6, 6.07) is 8.24. The van der Waals surface area contributed by atoms with Crippen molar-refractivity contribution in [3.63, 3.8) is 0 Å². The fourth-order valence-corrected chi connectivity index (χ4v) is 4.70. The third-order valence-corrected chi connectivity index (χ3v) is 6.46. The van der Waals surface area contributed by atoms with E-state index in [0.29, 0.717) is 28.6 Å². The van der Waals surface area contributed by atoms with Crippen molar-refractivity contribution in [1.82, 2.24) is 25.0 Å². The molecule has 0 atom stereocenters. The molecule has 27 heavy (non-hydrogen) atoms. The Morgan fingerprint density at radius 1 is 1.04 bits per heavy atom. The van der Waals surface area contributed by atoms with Gasteiger partial charge in [0.2, 0.25) is 11.8 Å². The highest BCUT2D eigenvalue weighted by Crippen LogP contribution is 2.40. The maximum atomic E-state index is 6.44. The lowest BCUT2D eigenvalue weighted by molar-refractivity contribution is 0.464. The Labute approximate surface area is 166 Å². The van der Waals surface area contributed by atoms with Crippen molar-refractivity contribution in [3.05, 3.63) is 41.1 Å². The first kappa shape index (κ1) is 17.3. The van der Waals surface area contributed by atoms with Gasteiger partial charge in [-0.1, -0.05) is 48.3 Å². The first-order chi connectivity index (χ1) is 13.3. The minimum Gasteiger partial charge on any atom is -0.424 e. The summed E-state index contributed by atoms with van der Waals surface area (Å²) in [5.41, 5.74) is 0.930. The Morgan fingerprint density at radius 2 is 1.85 bits per heavy atom. The highest BCUT2D eigenvalue weighted by molar-refractivity contribution is 7.98. The molecule has 0 spiro atoms. The number of halogens is 1. The summed E-state index contributed by atoms with van der Waals surface area (Å²) in [6.45, 7) is 0. The number of hydrogen-bond donors (Lipinski definition) is 0. The zero-order valence-electron chi connectivity index (χ0n) is 14.8. The molecule has 0 bridgehead atoms. The molecule has 0 N–H and O–H groups in total. The second-order valence-corrected chi connectivity index (χ2v) is 8.54. The number of rotatable bonds is 6. The van der Waals surface area contributed by atoms with Gasteiger partial charge < -0.3 is 4.42 Å². The van der Waals surface area contributed by atoms with Crippen LogP contribution < -0.4 is 0 Å². The van der Waals surface area contributed by atoms with Crippen LogP contribution in [0.3, 0.4) is 0 Å². The van der Waals surface area contributed by atoms with E-state index in [-0.39, 0.29) is 0 Å². The minimum atomic E-state index is 0.415. The zero-order valence-corrected chi connectivity index (χ0v) is 16.4. The van der Waals surface area contributed by atoms with E-state index in [9.17, 15) is 0 Å². The lowest BCUT2D eigenvalue weighted by Crippen LogP contribution is -2.08. The maximum Gasteiger partial charge on any atom is 0.226 e. The molecule has 0 aliphatic heterocycles. The molecule has 2 heterocycles. The molecule has 0 radical (unpaired) electrons. The Kier molecular flexibility index (Phi) is 4.65. The summed E-state index contributed by atoms with van der Waals surface area (Å²) in [7, 11) is 0. The largest absolute Gasteiger partial charge is 0.424 e. The molecule has 8 heteroatoms. The molecule has 0 amide bonds. The van der Waals surface area contributed by atoms with Crippen molar-refractivity contribution >= 4 is 23.4 Å². The Morgan fingerprint density at radius 3 is 2.63 bits per heavy atom. The highest BCUT2D eigenvalue weighted by Gasteiger charge is 2.30. The van der Waals surface area contributed by atoms with Crippen LogP contribution in [0.1, 0.15) is 62.3 Å². The zero-order chi connectivity index (χ0) is 18.2. The molecule has 6 nitrogen and oxygen atoms in total. The van der Waals surface area contributed by atoms with Crippen LogP contribution in [0.2, 0.25) is 5.02 Å². The summed E-state index contributed by atoms with van der Waals surface area (Å²) in [5, 5.41) is 18.9. The molecule has 140 valence electrons. The van der Waals surface area contributed by atoms with E-state index in [0.717, 1.165) is 48.1 Å². The van der Waals surface area contributed by atoms with Crippen molar-refractivity contribution in [1.29, 1.82) is 0 Å². The van der Waals surface area contributed by atoms with Gasteiger partial charge in [-0.2, -0.15) is 0 Å². The van der Waals surface area contributed by atoms with E-state index in [1.165, 1.54) is 12.8 Å². The van der Waals surface area contributed by atoms with Gasteiger partial charge in [0.25, 0.3) is 0 Å². The van der Waals surface area contributed by atoms with Crippen LogP contribution in [0.4, 0.5) is 0 Å². The van der Waals surface area contributed by atoms with E-state index >= 15 is 0 Å². The Hall–Kier alpha value is -1.86. The third kappa shape index (κ3) is 3.50. The van der Waals surface area contributed by atoms with Crippen molar-refractivity contribution in [2.24, 2.45) is 0 Å². The molecule has 2 aliphatic rings. The fraction of sp³-hybridized carbons (Fsp3) is 0.474. The first-order valence-corrected chi connectivity index (χ1v) is 10.8. The predicted molar refractivity (Wildman–Crippen MR) is 104 cm³/mol. The van der Waals surface area contributed by atoms with Crippen LogP contribution in [0.15, 0.2) is 33.8 Å². The SMILES string of the molecule is Clc1ccccc1-c1nnc(SCc2nnc(C3CC3)o2)n1C1CCCC1. The molecule has 2 aliphatic carbocycles. The summed E-state index contributed by atoms with van der Waals surface area (Å²) >= 11 is 8.04. The molecular weight excluding hydrogens is 382 g/mol. The summed E-state index contributed by atoms with van der Waals surface area (Å²) in [4.78, 5) is 0. The van der Waals surface area contributed by atoms with E-state index < -0.39 is 0 Å². The number of benzene rings is 1. The lowest BCUT2D eigenvalue weighted by Gasteiger charge is -2.17. The van der Waals surface area contributed by atoms with Crippen molar-refractivity contribution in [3.8, 4) is 11.4 Å². The maximum absolute atomic E-state index is 6.44. The van der Waals surface area contributed by atoms with Gasteiger partial charge in [-0.15, -0.1) is 20.4 Å². The summed E-state index contributed by atoms with van der Waals surface area (Å²) < 4.78 is 8.04. The van der Waals surface area contributed by atoms with Crippen molar-refractivity contribution in [2.45, 2.75) is 61.4 Å². The Balaban J connectivity index is 1.43. The summed E-state index contributed by atoms with van der Waals surface area (Å²) in [6.07, 6.45) is 7.09. The van der Waals surface area contributed by atoms with Gasteiger partial charge >= 0.3 is 0 Å². The van der Waals surface area contributed by atoms with Gasteiger partial charge in [0.15, 0.2) is 11.0 Å². The van der Waals surface area contributed by atoms with Crippen LogP contribution in [-0.4, -0.2) is 25.0 Å². The number of nitrogens with zero attached hydrogens (tertiary/aromatic N) is 5. The molecule has 2 saturated carbocycles. The first-order valence-electron chi connectivity index (χ1n) is 9.44. The van der Waals surface area contributed by atoms with Crippen LogP contribution >= 0.6 is 23.4 Å². The van der Waals surface area contributed by atoms with Crippen LogP contribution in [0.5, 0.6) is 0 Å². The van der Waals surface area contributed by atoms with Crippen molar-refractivity contribution < 1.29 is 4.42 Å². The van der Waals surface area contributed by atoms with Crippen LogP contribution in [0.25, 0.3) is 11.4 Å². The molecule has 5 rings (SSSR count). The van der Waals surface area contributed by atoms with Gasteiger partial charge in [-0.05, 0) is 37.8 Å². The Bertz CT molecular complexity index is 945. The number of aromatic nitrogens is 5. The average molecular weight is 402 g/mol. The van der Waals surface area contributed by atoms with Crippen LogP contribution in [-0.2, 0) is 5.75 Å². The molecule has 1 aromatic carbocycles. The van der Waals surface area contributed by atoms with Gasteiger partial charge in [0.05, 0.1) is 10.8 Å². The van der Waals surface area contributed by atoms with Crippen LogP contribution in [0, 0.1) is 0 Å². The van der Waals surface area contributed by atoms with E-state index in [1.807, 2.05) is 24.3 Å². The average Bonchev–Trinajstić information content (AvgIpc) is 3.10. The molecule has 0 saturated heterocycles.